The second kappa shape index (κ2) is 4.16. The van der Waals surface area contributed by atoms with Crippen LogP contribution in [0, 0.1) is 0 Å². The lowest BCUT2D eigenvalue weighted by Crippen LogP contribution is -3.00. The number of fused-ring (bicyclic) bond motifs is 1. The van der Waals surface area contributed by atoms with Crippen LogP contribution in [0.25, 0.3) is 0 Å². The molecule has 0 radical (unpaired) electrons. The van der Waals surface area contributed by atoms with Gasteiger partial charge in [-0.25, -0.2) is 0 Å². The summed E-state index contributed by atoms with van der Waals surface area (Å²) in [7, 11) is 5.94. The largest absolute Gasteiger partial charge is 1.00 e. The highest BCUT2D eigenvalue weighted by molar-refractivity contribution is 4.96. The molecule has 15 heavy (non-hydrogen) atoms. The van der Waals surface area contributed by atoms with Crippen LogP contribution in [0.4, 0.5) is 0 Å². The molecule has 2 saturated heterocycles. The van der Waals surface area contributed by atoms with Crippen molar-refractivity contribution in [2.45, 2.75) is 30.6 Å². The lowest BCUT2D eigenvalue weighted by Gasteiger charge is -2.34. The van der Waals surface area contributed by atoms with Gasteiger partial charge in [-0.05, 0) is 0 Å². The zero-order chi connectivity index (χ0) is 10.5. The lowest BCUT2D eigenvalue weighted by atomic mass is 10.1. The van der Waals surface area contributed by atoms with Gasteiger partial charge in [0.25, 0.3) is 0 Å². The Morgan fingerprint density at radius 1 is 1.13 bits per heavy atom. The average molecular weight is 240 g/mol. The second-order valence-corrected chi connectivity index (χ2v) is 4.96. The molecule has 2 unspecified atom stereocenters. The van der Waals surface area contributed by atoms with Crippen molar-refractivity contribution in [2.75, 3.05) is 27.7 Å². The molecular formula is C9H18ClNO4. The standard InChI is InChI=1S/C9H18NO4.ClH/c1-10(2,3)6-8-7(14-9(6)12)5(11)4-13-8;/h5-9,11-12H,4H2,1-3H3;1H/q+1;/p-1/t5?,6-,7-,8-,9?;/m1./s1. The highest BCUT2D eigenvalue weighted by Gasteiger charge is 2.57. The third-order valence-corrected chi connectivity index (χ3v) is 2.98. The smallest absolute Gasteiger partial charge is 0.211 e. The number of hydrogen-bond acceptors (Lipinski definition) is 4. The predicted molar refractivity (Wildman–Crippen MR) is 48.4 cm³/mol. The number of quaternary nitrogens is 1. The molecule has 0 aromatic heterocycles. The van der Waals surface area contributed by atoms with Crippen molar-refractivity contribution in [2.24, 2.45) is 0 Å². The number of aliphatic hydroxyl groups is 2. The topological polar surface area (TPSA) is 58.9 Å². The molecule has 2 heterocycles. The Morgan fingerprint density at radius 3 is 2.27 bits per heavy atom. The Balaban J connectivity index is 0.00000112. The molecule has 0 aliphatic carbocycles. The quantitative estimate of drug-likeness (QED) is 0.454. The molecule has 0 spiro atoms. The lowest BCUT2D eigenvalue weighted by molar-refractivity contribution is -0.903. The third-order valence-electron chi connectivity index (χ3n) is 2.98. The fraction of sp³-hybridized carbons (Fsp3) is 1.00. The average Bonchev–Trinajstić information content (AvgIpc) is 2.49. The minimum atomic E-state index is -0.847. The van der Waals surface area contributed by atoms with Gasteiger partial charge in [0.05, 0.1) is 27.7 Å². The van der Waals surface area contributed by atoms with E-state index >= 15 is 0 Å². The number of rotatable bonds is 1. The summed E-state index contributed by atoms with van der Waals surface area (Å²) in [4.78, 5) is 0. The zero-order valence-corrected chi connectivity index (χ0v) is 9.89. The van der Waals surface area contributed by atoms with Gasteiger partial charge in [-0.1, -0.05) is 0 Å². The van der Waals surface area contributed by atoms with E-state index in [1.807, 2.05) is 21.1 Å². The summed E-state index contributed by atoms with van der Waals surface area (Å²) in [5.74, 6) is 0. The summed E-state index contributed by atoms with van der Waals surface area (Å²) in [6, 6.07) is -0.128. The van der Waals surface area contributed by atoms with Crippen LogP contribution in [0.5, 0.6) is 0 Å². The van der Waals surface area contributed by atoms with Gasteiger partial charge in [-0.3, -0.25) is 0 Å². The molecule has 90 valence electrons. The summed E-state index contributed by atoms with van der Waals surface area (Å²) < 4.78 is 11.3. The van der Waals surface area contributed by atoms with Crippen molar-refractivity contribution >= 4 is 0 Å². The van der Waals surface area contributed by atoms with Gasteiger partial charge in [0.15, 0.2) is 6.04 Å². The van der Waals surface area contributed by atoms with E-state index in [-0.39, 0.29) is 30.7 Å². The summed E-state index contributed by atoms with van der Waals surface area (Å²) in [6.45, 7) is 0.304. The number of likely N-dealkylation sites (N-methyl/N-ethyl adjacent to an activating group) is 1. The number of aliphatic hydroxyl groups excluding tert-OH is 2. The Kier molecular flexibility index (Phi) is 3.65. The predicted octanol–water partition coefficient (Wildman–Crippen LogP) is -4.46. The number of hydrogen-bond donors (Lipinski definition) is 2. The van der Waals surface area contributed by atoms with E-state index in [4.69, 9.17) is 9.47 Å². The van der Waals surface area contributed by atoms with Crippen LogP contribution in [0.1, 0.15) is 0 Å². The summed E-state index contributed by atoms with van der Waals surface area (Å²) in [5.41, 5.74) is 0. The molecule has 0 aromatic rings. The molecular weight excluding hydrogens is 222 g/mol. The first-order chi connectivity index (χ1) is 6.41. The Labute approximate surface area is 95.6 Å². The number of ether oxygens (including phenoxy) is 2. The maximum absolute atomic E-state index is 9.72. The number of halogens is 1. The summed E-state index contributed by atoms with van der Waals surface area (Å²) >= 11 is 0. The van der Waals surface area contributed by atoms with Gasteiger partial charge in [0.1, 0.15) is 18.3 Å². The molecule has 0 saturated carbocycles. The van der Waals surface area contributed by atoms with Gasteiger partial charge in [0.2, 0.25) is 6.29 Å². The first-order valence-electron chi connectivity index (χ1n) is 4.85. The molecule has 6 heteroatoms. The van der Waals surface area contributed by atoms with Gasteiger partial charge in [-0.15, -0.1) is 0 Å². The van der Waals surface area contributed by atoms with Crippen LogP contribution >= 0.6 is 0 Å². The highest BCUT2D eigenvalue weighted by atomic mass is 35.5. The van der Waals surface area contributed by atoms with Crippen LogP contribution in [-0.4, -0.2) is 73.1 Å². The molecule has 2 N–H and O–H groups in total. The Morgan fingerprint density at radius 2 is 1.73 bits per heavy atom. The van der Waals surface area contributed by atoms with E-state index in [1.54, 1.807) is 0 Å². The molecule has 2 aliphatic heterocycles. The van der Waals surface area contributed by atoms with Crippen molar-refractivity contribution in [1.82, 2.24) is 0 Å². The Hall–Kier alpha value is 0.0900. The van der Waals surface area contributed by atoms with Crippen LogP contribution in [0.2, 0.25) is 0 Å². The van der Waals surface area contributed by atoms with Crippen molar-refractivity contribution in [1.29, 1.82) is 0 Å². The van der Waals surface area contributed by atoms with E-state index in [0.717, 1.165) is 0 Å². The van der Waals surface area contributed by atoms with E-state index in [1.165, 1.54) is 0 Å². The highest BCUT2D eigenvalue weighted by Crippen LogP contribution is 2.34. The SMILES string of the molecule is C[N+](C)(C)[C@H]1C(O)O[C@@H]2C(O)CO[C@@H]21.[Cl-]. The zero-order valence-electron chi connectivity index (χ0n) is 9.13. The first-order valence-corrected chi connectivity index (χ1v) is 4.85. The monoisotopic (exact) mass is 239 g/mol. The van der Waals surface area contributed by atoms with Gasteiger partial charge in [0, 0.05) is 0 Å². The molecule has 0 amide bonds. The van der Waals surface area contributed by atoms with Gasteiger partial charge < -0.3 is 36.6 Å². The fourth-order valence-electron chi connectivity index (χ4n) is 2.31. The fourth-order valence-corrected chi connectivity index (χ4v) is 2.31. The molecule has 0 bridgehead atoms. The van der Waals surface area contributed by atoms with Crippen LogP contribution in [0.15, 0.2) is 0 Å². The van der Waals surface area contributed by atoms with Crippen molar-refractivity contribution < 1.29 is 36.6 Å². The van der Waals surface area contributed by atoms with E-state index in [2.05, 4.69) is 0 Å². The molecule has 2 fully saturated rings. The van der Waals surface area contributed by atoms with Gasteiger partial charge >= 0.3 is 0 Å². The normalized spacial score (nSPS) is 45.0. The van der Waals surface area contributed by atoms with E-state index < -0.39 is 12.4 Å². The molecule has 2 rings (SSSR count). The first kappa shape index (κ1) is 13.2. The van der Waals surface area contributed by atoms with E-state index in [0.29, 0.717) is 11.1 Å². The molecule has 5 nitrogen and oxygen atoms in total. The van der Waals surface area contributed by atoms with Crippen molar-refractivity contribution in [3.05, 3.63) is 0 Å². The third kappa shape index (κ3) is 2.13. The van der Waals surface area contributed by atoms with Crippen LogP contribution in [0.3, 0.4) is 0 Å². The molecule has 0 aromatic carbocycles. The summed E-state index contributed by atoms with van der Waals surface area (Å²) in [6.07, 6.45) is -2.02. The Bertz CT molecular complexity index is 233. The second-order valence-electron chi connectivity index (χ2n) is 4.96. The van der Waals surface area contributed by atoms with Crippen molar-refractivity contribution in [3.8, 4) is 0 Å². The van der Waals surface area contributed by atoms with E-state index in [9.17, 15) is 10.2 Å². The minimum Gasteiger partial charge on any atom is -1.00 e. The maximum Gasteiger partial charge on any atom is 0.211 e. The van der Waals surface area contributed by atoms with Crippen LogP contribution < -0.4 is 12.4 Å². The summed E-state index contributed by atoms with van der Waals surface area (Å²) in [5, 5.41) is 19.3. The van der Waals surface area contributed by atoms with Gasteiger partial charge in [-0.2, -0.15) is 0 Å². The number of nitrogens with zero attached hydrogens (tertiary/aromatic N) is 1. The molecule has 5 atom stereocenters. The molecule has 2 aliphatic rings. The minimum absolute atomic E-state index is 0. The van der Waals surface area contributed by atoms with Crippen LogP contribution in [-0.2, 0) is 9.47 Å². The maximum atomic E-state index is 9.72. The van der Waals surface area contributed by atoms with Crippen molar-refractivity contribution in [3.63, 3.8) is 0 Å².